The number of nitrogens with two attached hydrogens (primary N) is 1. The molecule has 2 N–H and O–H groups in total. The number of rotatable bonds is 2. The van der Waals surface area contributed by atoms with Crippen LogP contribution in [0.15, 0.2) is 12.3 Å². The second-order valence-electron chi connectivity index (χ2n) is 5.51. The smallest absolute Gasteiger partial charge is 0.202 e. The molecule has 1 unspecified atom stereocenters. The first kappa shape index (κ1) is 12.4. The lowest BCUT2D eigenvalue weighted by molar-refractivity contribution is 0.169. The molecule has 1 fully saturated rings. The number of aromatic nitrogens is 3. The van der Waals surface area contributed by atoms with E-state index in [1.807, 2.05) is 19.2 Å². The van der Waals surface area contributed by atoms with Gasteiger partial charge < -0.3 is 10.6 Å². The van der Waals surface area contributed by atoms with Gasteiger partial charge in [0, 0.05) is 18.8 Å². The third-order valence-corrected chi connectivity index (χ3v) is 4.18. The van der Waals surface area contributed by atoms with Crippen LogP contribution in [0.1, 0.15) is 24.8 Å². The fourth-order valence-electron chi connectivity index (χ4n) is 2.92. The number of hydrogen-bond donors (Lipinski definition) is 1. The summed E-state index contributed by atoms with van der Waals surface area (Å²) in [5.41, 5.74) is 9.05. The van der Waals surface area contributed by atoms with Crippen molar-refractivity contribution in [2.45, 2.75) is 38.8 Å². The van der Waals surface area contributed by atoms with Crippen molar-refractivity contribution in [1.29, 1.82) is 0 Å². The van der Waals surface area contributed by atoms with Crippen LogP contribution in [0.25, 0.3) is 11.2 Å². The molecule has 19 heavy (non-hydrogen) atoms. The minimum atomic E-state index is 0.538. The molecule has 102 valence electrons. The molecule has 2 aromatic rings. The molecule has 2 aromatic heterocycles. The van der Waals surface area contributed by atoms with Gasteiger partial charge in [0.25, 0.3) is 0 Å². The second kappa shape index (κ2) is 4.81. The number of fused-ring (bicyclic) bond motifs is 1. The van der Waals surface area contributed by atoms with E-state index in [1.54, 1.807) is 0 Å². The van der Waals surface area contributed by atoms with E-state index < -0.39 is 0 Å². The zero-order chi connectivity index (χ0) is 13.4. The van der Waals surface area contributed by atoms with E-state index in [9.17, 15) is 0 Å². The summed E-state index contributed by atoms with van der Waals surface area (Å²) in [5, 5.41) is 0. The largest absolute Gasteiger partial charge is 0.369 e. The SMILES string of the molecule is Cc1ccnc2c1nc(N)n2CC1CCCCN1C. The highest BCUT2D eigenvalue weighted by Gasteiger charge is 2.21. The van der Waals surface area contributed by atoms with E-state index in [2.05, 4.69) is 26.5 Å². The Morgan fingerprint density at radius 2 is 2.26 bits per heavy atom. The Kier molecular flexibility index (Phi) is 3.14. The van der Waals surface area contributed by atoms with E-state index in [0.29, 0.717) is 12.0 Å². The molecule has 0 saturated carbocycles. The van der Waals surface area contributed by atoms with Crippen LogP contribution in [0, 0.1) is 6.92 Å². The first-order valence-electron chi connectivity index (χ1n) is 6.94. The second-order valence-corrected chi connectivity index (χ2v) is 5.51. The van der Waals surface area contributed by atoms with Crippen molar-refractivity contribution in [3.05, 3.63) is 17.8 Å². The van der Waals surface area contributed by atoms with Crippen molar-refractivity contribution in [1.82, 2.24) is 19.4 Å². The molecule has 5 nitrogen and oxygen atoms in total. The molecule has 5 heteroatoms. The van der Waals surface area contributed by atoms with Gasteiger partial charge in [0.2, 0.25) is 5.95 Å². The summed E-state index contributed by atoms with van der Waals surface area (Å²) in [5.74, 6) is 0.579. The first-order chi connectivity index (χ1) is 9.16. The monoisotopic (exact) mass is 259 g/mol. The molecule has 1 atom stereocenters. The topological polar surface area (TPSA) is 60.0 Å². The van der Waals surface area contributed by atoms with Crippen molar-refractivity contribution in [3.63, 3.8) is 0 Å². The number of anilines is 1. The maximum absolute atomic E-state index is 6.08. The van der Waals surface area contributed by atoms with Crippen molar-refractivity contribution >= 4 is 17.1 Å². The maximum atomic E-state index is 6.08. The molecule has 0 aromatic carbocycles. The van der Waals surface area contributed by atoms with Crippen molar-refractivity contribution in [2.75, 3.05) is 19.3 Å². The van der Waals surface area contributed by atoms with E-state index >= 15 is 0 Å². The predicted molar refractivity (Wildman–Crippen MR) is 76.9 cm³/mol. The maximum Gasteiger partial charge on any atom is 0.202 e. The molecule has 3 heterocycles. The van der Waals surface area contributed by atoms with Crippen molar-refractivity contribution in [2.24, 2.45) is 0 Å². The average Bonchev–Trinajstić information content (AvgIpc) is 2.71. The number of nitrogen functional groups attached to an aromatic ring is 1. The highest BCUT2D eigenvalue weighted by Crippen LogP contribution is 2.22. The summed E-state index contributed by atoms with van der Waals surface area (Å²) >= 11 is 0. The highest BCUT2D eigenvalue weighted by molar-refractivity contribution is 5.77. The Hall–Kier alpha value is -1.62. The predicted octanol–water partition coefficient (Wildman–Crippen LogP) is 1.81. The lowest BCUT2D eigenvalue weighted by Crippen LogP contribution is -2.39. The van der Waals surface area contributed by atoms with Crippen LogP contribution in [0.5, 0.6) is 0 Å². The van der Waals surface area contributed by atoms with Gasteiger partial charge in [0.05, 0.1) is 0 Å². The Labute approximate surface area is 113 Å². The highest BCUT2D eigenvalue weighted by atomic mass is 15.2. The van der Waals surface area contributed by atoms with E-state index in [1.165, 1.54) is 25.8 Å². The number of hydrogen-bond acceptors (Lipinski definition) is 4. The minimum Gasteiger partial charge on any atom is -0.369 e. The van der Waals surface area contributed by atoms with Gasteiger partial charge in [-0.2, -0.15) is 0 Å². The molecule has 0 amide bonds. The molecule has 3 rings (SSSR count). The zero-order valence-corrected chi connectivity index (χ0v) is 11.6. The van der Waals surface area contributed by atoms with Gasteiger partial charge >= 0.3 is 0 Å². The Balaban J connectivity index is 1.96. The average molecular weight is 259 g/mol. The number of nitrogens with zero attached hydrogens (tertiary/aromatic N) is 4. The molecular formula is C14H21N5. The minimum absolute atomic E-state index is 0.538. The number of imidazole rings is 1. The van der Waals surface area contributed by atoms with Gasteiger partial charge in [-0.05, 0) is 45.0 Å². The molecule has 0 aliphatic carbocycles. The molecule has 0 spiro atoms. The number of aryl methyl sites for hydroxylation is 1. The van der Waals surface area contributed by atoms with Gasteiger partial charge in [0.1, 0.15) is 5.52 Å². The van der Waals surface area contributed by atoms with Crippen LogP contribution in [-0.4, -0.2) is 39.1 Å². The Bertz CT molecular complexity index is 589. The molecular weight excluding hydrogens is 238 g/mol. The van der Waals surface area contributed by atoms with Gasteiger partial charge in [0.15, 0.2) is 5.65 Å². The summed E-state index contributed by atoms with van der Waals surface area (Å²) in [7, 11) is 2.19. The quantitative estimate of drug-likeness (QED) is 0.893. The fourth-order valence-corrected chi connectivity index (χ4v) is 2.92. The van der Waals surface area contributed by atoms with Crippen LogP contribution in [-0.2, 0) is 6.54 Å². The van der Waals surface area contributed by atoms with Crippen LogP contribution >= 0.6 is 0 Å². The van der Waals surface area contributed by atoms with E-state index in [4.69, 9.17) is 5.73 Å². The standard InChI is InChI=1S/C14H21N5/c1-10-6-7-16-13-12(10)17-14(15)19(13)9-11-5-3-4-8-18(11)2/h6-7,11H,3-5,8-9H2,1-2H3,(H2,15,17). The fraction of sp³-hybridized carbons (Fsp3) is 0.571. The van der Waals surface area contributed by atoms with Gasteiger partial charge in [-0.1, -0.05) is 6.42 Å². The number of likely N-dealkylation sites (N-methyl/N-ethyl adjacent to an activating group) is 1. The molecule has 0 radical (unpaired) electrons. The lowest BCUT2D eigenvalue weighted by atomic mass is 10.0. The summed E-state index contributed by atoms with van der Waals surface area (Å²) in [6.07, 6.45) is 5.65. The molecule has 1 saturated heterocycles. The van der Waals surface area contributed by atoms with Crippen LogP contribution in [0.2, 0.25) is 0 Å². The van der Waals surface area contributed by atoms with Gasteiger partial charge in [-0.3, -0.25) is 4.57 Å². The Morgan fingerprint density at radius 3 is 3.05 bits per heavy atom. The summed E-state index contributed by atoms with van der Waals surface area (Å²) in [6.45, 7) is 4.10. The normalized spacial score (nSPS) is 21.1. The first-order valence-corrected chi connectivity index (χ1v) is 6.94. The lowest BCUT2D eigenvalue weighted by Gasteiger charge is -2.32. The van der Waals surface area contributed by atoms with E-state index in [-0.39, 0.29) is 0 Å². The third-order valence-electron chi connectivity index (χ3n) is 4.18. The molecule has 1 aliphatic rings. The van der Waals surface area contributed by atoms with Crippen LogP contribution in [0.4, 0.5) is 5.95 Å². The van der Waals surface area contributed by atoms with Crippen LogP contribution in [0.3, 0.4) is 0 Å². The third kappa shape index (κ3) is 2.18. The van der Waals surface area contributed by atoms with Crippen molar-refractivity contribution < 1.29 is 0 Å². The molecule has 0 bridgehead atoms. The number of piperidine rings is 1. The number of likely N-dealkylation sites (tertiary alicyclic amines) is 1. The zero-order valence-electron chi connectivity index (χ0n) is 11.6. The van der Waals surface area contributed by atoms with Gasteiger partial charge in [-0.25, -0.2) is 9.97 Å². The van der Waals surface area contributed by atoms with Crippen molar-refractivity contribution in [3.8, 4) is 0 Å². The summed E-state index contributed by atoms with van der Waals surface area (Å²) < 4.78 is 2.06. The Morgan fingerprint density at radius 1 is 1.42 bits per heavy atom. The van der Waals surface area contributed by atoms with Crippen LogP contribution < -0.4 is 5.73 Å². The summed E-state index contributed by atoms with van der Waals surface area (Å²) in [6, 6.07) is 2.52. The van der Waals surface area contributed by atoms with Gasteiger partial charge in [-0.15, -0.1) is 0 Å². The summed E-state index contributed by atoms with van der Waals surface area (Å²) in [4.78, 5) is 11.3. The molecule has 1 aliphatic heterocycles. The van der Waals surface area contributed by atoms with E-state index in [0.717, 1.165) is 23.3 Å². The number of pyridine rings is 1.